The van der Waals surface area contributed by atoms with Gasteiger partial charge in [-0.3, -0.25) is 15.0 Å². The summed E-state index contributed by atoms with van der Waals surface area (Å²) in [5.74, 6) is 0.275. The van der Waals surface area contributed by atoms with E-state index in [1.807, 2.05) is 0 Å². The van der Waals surface area contributed by atoms with Crippen molar-refractivity contribution < 1.29 is 9.59 Å². The Morgan fingerprint density at radius 1 is 1.24 bits per heavy atom. The number of carbonyl (C=O) groups excluding carboxylic acids is 2. The van der Waals surface area contributed by atoms with Crippen molar-refractivity contribution in [3.05, 3.63) is 0 Å². The van der Waals surface area contributed by atoms with Crippen molar-refractivity contribution in [3.8, 4) is 0 Å². The van der Waals surface area contributed by atoms with Crippen molar-refractivity contribution in [2.24, 2.45) is 5.92 Å². The SMILES string of the molecule is CC1CCCCC1NC(=O)NC(=O)CN1CCNC[C@@H]1C. The fraction of sp³-hybridized carbons (Fsp3) is 0.867. The van der Waals surface area contributed by atoms with Gasteiger partial charge in [-0.25, -0.2) is 4.79 Å². The smallest absolute Gasteiger partial charge is 0.321 e. The van der Waals surface area contributed by atoms with E-state index in [0.29, 0.717) is 12.0 Å². The van der Waals surface area contributed by atoms with Crippen LogP contribution in [0.2, 0.25) is 0 Å². The molecule has 0 radical (unpaired) electrons. The molecule has 120 valence electrons. The summed E-state index contributed by atoms with van der Waals surface area (Å²) in [7, 11) is 0. The highest BCUT2D eigenvalue weighted by Gasteiger charge is 2.24. The van der Waals surface area contributed by atoms with Crippen molar-refractivity contribution in [2.75, 3.05) is 26.2 Å². The molecule has 3 atom stereocenters. The molecular formula is C15H28N4O2. The monoisotopic (exact) mass is 296 g/mol. The summed E-state index contributed by atoms with van der Waals surface area (Å²) in [6.45, 7) is 7.16. The number of hydrogen-bond acceptors (Lipinski definition) is 4. The topological polar surface area (TPSA) is 73.5 Å². The van der Waals surface area contributed by atoms with E-state index in [1.165, 1.54) is 6.42 Å². The number of nitrogens with one attached hydrogen (secondary N) is 3. The molecule has 0 aromatic carbocycles. The number of nitrogens with zero attached hydrogens (tertiary/aromatic N) is 1. The van der Waals surface area contributed by atoms with E-state index in [0.717, 1.165) is 38.9 Å². The Morgan fingerprint density at radius 3 is 2.71 bits per heavy atom. The first-order valence-corrected chi connectivity index (χ1v) is 8.11. The van der Waals surface area contributed by atoms with E-state index in [2.05, 4.69) is 34.7 Å². The first-order valence-electron chi connectivity index (χ1n) is 8.11. The predicted octanol–water partition coefficient (Wildman–Crippen LogP) is 0.685. The zero-order chi connectivity index (χ0) is 15.2. The van der Waals surface area contributed by atoms with Crippen LogP contribution in [-0.4, -0.2) is 55.1 Å². The summed E-state index contributed by atoms with van der Waals surface area (Å²) in [5, 5.41) is 8.70. The van der Waals surface area contributed by atoms with Gasteiger partial charge in [-0.05, 0) is 25.7 Å². The molecule has 1 aliphatic heterocycles. The number of amides is 3. The zero-order valence-corrected chi connectivity index (χ0v) is 13.2. The van der Waals surface area contributed by atoms with Gasteiger partial charge in [-0.2, -0.15) is 0 Å². The molecule has 21 heavy (non-hydrogen) atoms. The quantitative estimate of drug-likeness (QED) is 0.716. The molecule has 2 aliphatic rings. The van der Waals surface area contributed by atoms with E-state index in [1.54, 1.807) is 0 Å². The number of urea groups is 1. The van der Waals surface area contributed by atoms with Crippen molar-refractivity contribution in [1.29, 1.82) is 0 Å². The van der Waals surface area contributed by atoms with Crippen LogP contribution < -0.4 is 16.0 Å². The molecule has 1 heterocycles. The number of imide groups is 1. The molecule has 6 nitrogen and oxygen atoms in total. The maximum absolute atomic E-state index is 12.0. The number of rotatable bonds is 3. The van der Waals surface area contributed by atoms with E-state index in [-0.39, 0.29) is 24.5 Å². The zero-order valence-electron chi connectivity index (χ0n) is 13.2. The number of carbonyl (C=O) groups is 2. The number of piperazine rings is 1. The Hall–Kier alpha value is -1.14. The molecule has 6 heteroatoms. The molecule has 0 aromatic heterocycles. The first-order chi connectivity index (χ1) is 10.1. The molecule has 2 fully saturated rings. The highest BCUT2D eigenvalue weighted by atomic mass is 16.2. The third kappa shape index (κ3) is 4.97. The lowest BCUT2D eigenvalue weighted by Crippen LogP contribution is -2.54. The van der Waals surface area contributed by atoms with Crippen LogP contribution in [0, 0.1) is 5.92 Å². The molecule has 0 bridgehead atoms. The Morgan fingerprint density at radius 2 is 2.00 bits per heavy atom. The summed E-state index contributed by atoms with van der Waals surface area (Å²) >= 11 is 0. The van der Waals surface area contributed by atoms with E-state index >= 15 is 0 Å². The van der Waals surface area contributed by atoms with Crippen LogP contribution >= 0.6 is 0 Å². The van der Waals surface area contributed by atoms with Crippen LogP contribution in [0.1, 0.15) is 39.5 Å². The summed E-state index contributed by atoms with van der Waals surface area (Å²) in [6.07, 6.45) is 4.55. The number of hydrogen-bond donors (Lipinski definition) is 3. The fourth-order valence-corrected chi connectivity index (χ4v) is 3.20. The van der Waals surface area contributed by atoms with Gasteiger partial charge in [-0.15, -0.1) is 0 Å². The van der Waals surface area contributed by atoms with Gasteiger partial charge >= 0.3 is 6.03 Å². The minimum atomic E-state index is -0.346. The molecular weight excluding hydrogens is 268 g/mol. The molecule has 1 aliphatic carbocycles. The van der Waals surface area contributed by atoms with Crippen LogP contribution in [0.25, 0.3) is 0 Å². The van der Waals surface area contributed by atoms with Gasteiger partial charge < -0.3 is 10.6 Å². The van der Waals surface area contributed by atoms with Crippen molar-refractivity contribution in [1.82, 2.24) is 20.9 Å². The molecule has 1 saturated carbocycles. The maximum atomic E-state index is 12.0. The molecule has 1 saturated heterocycles. The van der Waals surface area contributed by atoms with Crippen molar-refractivity contribution in [2.45, 2.75) is 51.6 Å². The lowest BCUT2D eigenvalue weighted by molar-refractivity contribution is -0.121. The highest BCUT2D eigenvalue weighted by Crippen LogP contribution is 2.23. The van der Waals surface area contributed by atoms with Crippen molar-refractivity contribution >= 4 is 11.9 Å². The maximum Gasteiger partial charge on any atom is 0.321 e. The molecule has 0 spiro atoms. The average molecular weight is 296 g/mol. The van der Waals surface area contributed by atoms with Gasteiger partial charge in [0, 0.05) is 31.7 Å². The Kier molecular flexibility index (Phi) is 5.99. The first kappa shape index (κ1) is 16.2. The predicted molar refractivity (Wildman–Crippen MR) is 82.0 cm³/mol. The molecule has 3 N–H and O–H groups in total. The van der Waals surface area contributed by atoms with Crippen LogP contribution in [0.3, 0.4) is 0 Å². The average Bonchev–Trinajstić information content (AvgIpc) is 2.44. The largest absolute Gasteiger partial charge is 0.335 e. The lowest BCUT2D eigenvalue weighted by atomic mass is 9.86. The third-order valence-electron chi connectivity index (χ3n) is 4.67. The molecule has 3 amide bonds. The van der Waals surface area contributed by atoms with Gasteiger partial charge in [0.1, 0.15) is 0 Å². The van der Waals surface area contributed by atoms with E-state index in [4.69, 9.17) is 0 Å². The second-order valence-corrected chi connectivity index (χ2v) is 6.41. The Bertz CT molecular complexity index is 341. The minimum Gasteiger partial charge on any atom is -0.335 e. The lowest BCUT2D eigenvalue weighted by Gasteiger charge is -2.33. The highest BCUT2D eigenvalue weighted by molar-refractivity contribution is 5.95. The van der Waals surface area contributed by atoms with Gasteiger partial charge in [0.25, 0.3) is 0 Å². The standard InChI is InChI=1S/C15H28N4O2/c1-11-5-3-4-6-13(11)17-15(21)18-14(20)10-19-8-7-16-9-12(19)2/h11-13,16H,3-10H2,1-2H3,(H2,17,18,20,21)/t11?,12-,13?/m0/s1. The second kappa shape index (κ2) is 7.75. The van der Waals surface area contributed by atoms with E-state index < -0.39 is 0 Å². The molecule has 2 unspecified atom stereocenters. The summed E-state index contributed by atoms with van der Waals surface area (Å²) in [4.78, 5) is 26.0. The second-order valence-electron chi connectivity index (χ2n) is 6.41. The van der Waals surface area contributed by atoms with Gasteiger partial charge in [0.2, 0.25) is 5.91 Å². The molecule has 2 rings (SSSR count). The van der Waals surface area contributed by atoms with Crippen LogP contribution in [0.4, 0.5) is 4.79 Å². The van der Waals surface area contributed by atoms with Crippen LogP contribution in [-0.2, 0) is 4.79 Å². The van der Waals surface area contributed by atoms with Gasteiger partial charge in [-0.1, -0.05) is 19.8 Å². The summed E-state index contributed by atoms with van der Waals surface area (Å²) in [5.41, 5.74) is 0. The van der Waals surface area contributed by atoms with Gasteiger partial charge in [0.05, 0.1) is 6.54 Å². The van der Waals surface area contributed by atoms with Crippen LogP contribution in [0.5, 0.6) is 0 Å². The fourth-order valence-electron chi connectivity index (χ4n) is 3.20. The van der Waals surface area contributed by atoms with Crippen LogP contribution in [0.15, 0.2) is 0 Å². The molecule has 0 aromatic rings. The third-order valence-corrected chi connectivity index (χ3v) is 4.67. The van der Waals surface area contributed by atoms with E-state index in [9.17, 15) is 9.59 Å². The Balaban J connectivity index is 1.72. The van der Waals surface area contributed by atoms with Gasteiger partial charge in [0.15, 0.2) is 0 Å². The summed E-state index contributed by atoms with van der Waals surface area (Å²) in [6, 6.07) is 0.178. The summed E-state index contributed by atoms with van der Waals surface area (Å²) < 4.78 is 0. The normalized spacial score (nSPS) is 30.7. The Labute approximate surface area is 127 Å². The van der Waals surface area contributed by atoms with Crippen molar-refractivity contribution in [3.63, 3.8) is 0 Å². The minimum absolute atomic E-state index is 0.199.